The SMILES string of the molecule is O=C(CCc1ccc(S(=O)(=O)N2CCCCC2)cc1)Nc1ccc(CCN2CCCC2)cc1. The lowest BCUT2D eigenvalue weighted by Crippen LogP contribution is -2.35. The van der Waals surface area contributed by atoms with Gasteiger partial charge in [-0.2, -0.15) is 4.31 Å². The summed E-state index contributed by atoms with van der Waals surface area (Å²) in [5.74, 6) is -0.0372. The minimum Gasteiger partial charge on any atom is -0.326 e. The Bertz CT molecular complexity index is 1010. The number of hydrogen-bond donors (Lipinski definition) is 1. The molecule has 2 heterocycles. The largest absolute Gasteiger partial charge is 0.326 e. The highest BCUT2D eigenvalue weighted by atomic mass is 32.2. The van der Waals surface area contributed by atoms with Crippen molar-refractivity contribution >= 4 is 21.6 Å². The quantitative estimate of drug-likeness (QED) is 0.601. The molecule has 0 spiro atoms. The Balaban J connectivity index is 1.23. The number of carbonyl (C=O) groups is 1. The van der Waals surface area contributed by atoms with Crippen molar-refractivity contribution in [1.29, 1.82) is 0 Å². The third kappa shape index (κ3) is 6.65. The van der Waals surface area contributed by atoms with Crippen LogP contribution < -0.4 is 5.32 Å². The first-order valence-corrected chi connectivity index (χ1v) is 13.6. The van der Waals surface area contributed by atoms with Gasteiger partial charge in [-0.05, 0) is 87.0 Å². The number of aryl methyl sites for hydroxylation is 1. The van der Waals surface area contributed by atoms with Gasteiger partial charge in [-0.15, -0.1) is 0 Å². The molecule has 7 heteroatoms. The summed E-state index contributed by atoms with van der Waals surface area (Å²) in [6.45, 7) is 4.73. The van der Waals surface area contributed by atoms with Gasteiger partial charge in [-0.3, -0.25) is 4.79 Å². The van der Waals surface area contributed by atoms with E-state index in [-0.39, 0.29) is 5.91 Å². The van der Waals surface area contributed by atoms with Crippen LogP contribution in [-0.4, -0.2) is 56.3 Å². The van der Waals surface area contributed by atoms with E-state index in [1.165, 1.54) is 31.5 Å². The number of sulfonamides is 1. The summed E-state index contributed by atoms with van der Waals surface area (Å²) in [4.78, 5) is 15.2. The molecule has 0 radical (unpaired) electrons. The molecule has 0 unspecified atom stereocenters. The first-order valence-electron chi connectivity index (χ1n) is 12.2. The van der Waals surface area contributed by atoms with E-state index in [2.05, 4.69) is 22.3 Å². The van der Waals surface area contributed by atoms with Crippen LogP contribution in [0.4, 0.5) is 5.69 Å². The van der Waals surface area contributed by atoms with Gasteiger partial charge in [-0.1, -0.05) is 30.7 Å². The van der Waals surface area contributed by atoms with Crippen molar-refractivity contribution in [2.45, 2.75) is 56.3 Å². The lowest BCUT2D eigenvalue weighted by atomic mass is 10.1. The average Bonchev–Trinajstić information content (AvgIpc) is 3.37. The summed E-state index contributed by atoms with van der Waals surface area (Å²) < 4.78 is 27.1. The number of nitrogens with one attached hydrogen (secondary N) is 1. The summed E-state index contributed by atoms with van der Waals surface area (Å²) in [6, 6.07) is 15.1. The van der Waals surface area contributed by atoms with Gasteiger partial charge in [0.1, 0.15) is 0 Å². The Kier molecular flexibility index (Phi) is 8.17. The average molecular weight is 470 g/mol. The zero-order valence-corrected chi connectivity index (χ0v) is 20.2. The third-order valence-corrected chi connectivity index (χ3v) is 8.58. The van der Waals surface area contributed by atoms with Crippen LogP contribution in [0.25, 0.3) is 0 Å². The van der Waals surface area contributed by atoms with Gasteiger partial charge in [0.2, 0.25) is 15.9 Å². The van der Waals surface area contributed by atoms with Gasteiger partial charge in [0.15, 0.2) is 0 Å². The number of likely N-dealkylation sites (tertiary alicyclic amines) is 1. The smallest absolute Gasteiger partial charge is 0.243 e. The number of rotatable bonds is 9. The molecule has 2 fully saturated rings. The predicted molar refractivity (Wildman–Crippen MR) is 132 cm³/mol. The Labute approximate surface area is 198 Å². The van der Waals surface area contributed by atoms with E-state index in [0.29, 0.717) is 30.8 Å². The Morgan fingerprint density at radius 3 is 2.00 bits per heavy atom. The Hall–Kier alpha value is -2.22. The van der Waals surface area contributed by atoms with Crippen molar-refractivity contribution < 1.29 is 13.2 Å². The summed E-state index contributed by atoms with van der Waals surface area (Å²) in [5, 5.41) is 2.96. The zero-order valence-electron chi connectivity index (χ0n) is 19.3. The molecule has 2 aromatic carbocycles. The minimum absolute atomic E-state index is 0.0372. The standard InChI is InChI=1S/C26H35N3O3S/c30-26(27-24-11-6-23(7-12-24)16-21-28-17-4-5-18-28)15-10-22-8-13-25(14-9-22)33(31,32)29-19-2-1-3-20-29/h6-9,11-14H,1-5,10,15-21H2,(H,27,30). The number of benzene rings is 2. The number of anilines is 1. The van der Waals surface area contributed by atoms with Crippen LogP contribution in [0.3, 0.4) is 0 Å². The number of hydrogen-bond acceptors (Lipinski definition) is 4. The fraction of sp³-hybridized carbons (Fsp3) is 0.500. The topological polar surface area (TPSA) is 69.7 Å². The molecule has 2 aliphatic heterocycles. The monoisotopic (exact) mass is 469 g/mol. The maximum absolute atomic E-state index is 12.8. The summed E-state index contributed by atoms with van der Waals surface area (Å²) in [5.41, 5.74) is 3.06. The van der Waals surface area contributed by atoms with Crippen molar-refractivity contribution in [3.8, 4) is 0 Å². The van der Waals surface area contributed by atoms with Crippen LogP contribution in [0, 0.1) is 0 Å². The molecule has 1 amide bonds. The molecule has 1 N–H and O–H groups in total. The zero-order chi connectivity index (χ0) is 23.1. The van der Waals surface area contributed by atoms with Crippen LogP contribution in [0.15, 0.2) is 53.4 Å². The molecule has 0 aromatic heterocycles. The van der Waals surface area contributed by atoms with Gasteiger partial charge >= 0.3 is 0 Å². The highest BCUT2D eigenvalue weighted by Crippen LogP contribution is 2.21. The second kappa shape index (κ2) is 11.3. The molecule has 0 saturated carbocycles. The van der Waals surface area contributed by atoms with Crippen molar-refractivity contribution in [3.63, 3.8) is 0 Å². The van der Waals surface area contributed by atoms with Gasteiger partial charge < -0.3 is 10.2 Å². The van der Waals surface area contributed by atoms with Crippen LogP contribution in [0.1, 0.15) is 49.7 Å². The van der Waals surface area contributed by atoms with Gasteiger partial charge in [0.05, 0.1) is 4.90 Å². The van der Waals surface area contributed by atoms with Gasteiger partial charge in [-0.25, -0.2) is 8.42 Å². The summed E-state index contributed by atoms with van der Waals surface area (Å²) in [6.07, 6.45) is 7.54. The van der Waals surface area contributed by atoms with E-state index in [4.69, 9.17) is 0 Å². The summed E-state index contributed by atoms with van der Waals surface area (Å²) in [7, 11) is -3.41. The van der Waals surface area contributed by atoms with E-state index >= 15 is 0 Å². The molecule has 0 aliphatic carbocycles. The van der Waals surface area contributed by atoms with E-state index in [9.17, 15) is 13.2 Å². The molecular weight excluding hydrogens is 434 g/mol. The molecule has 0 bridgehead atoms. The van der Waals surface area contributed by atoms with Crippen LogP contribution in [0.5, 0.6) is 0 Å². The van der Waals surface area contributed by atoms with E-state index in [1.807, 2.05) is 24.3 Å². The van der Waals surface area contributed by atoms with Crippen LogP contribution in [-0.2, 0) is 27.7 Å². The molecule has 6 nitrogen and oxygen atoms in total. The molecule has 2 aliphatic rings. The fourth-order valence-corrected chi connectivity index (χ4v) is 6.13. The highest BCUT2D eigenvalue weighted by Gasteiger charge is 2.25. The van der Waals surface area contributed by atoms with E-state index in [0.717, 1.165) is 43.5 Å². The number of nitrogens with zero attached hydrogens (tertiary/aromatic N) is 2. The predicted octanol–water partition coefficient (Wildman–Crippen LogP) is 4.07. The first kappa shape index (κ1) is 23.9. The van der Waals surface area contributed by atoms with Gasteiger partial charge in [0, 0.05) is 31.7 Å². The van der Waals surface area contributed by atoms with Crippen LogP contribution >= 0.6 is 0 Å². The second-order valence-corrected chi connectivity index (χ2v) is 11.1. The van der Waals surface area contributed by atoms with E-state index < -0.39 is 10.0 Å². The third-order valence-electron chi connectivity index (χ3n) is 6.67. The Morgan fingerprint density at radius 1 is 0.758 bits per heavy atom. The number of amides is 1. The van der Waals surface area contributed by atoms with Crippen molar-refractivity contribution in [2.24, 2.45) is 0 Å². The van der Waals surface area contributed by atoms with E-state index in [1.54, 1.807) is 16.4 Å². The summed E-state index contributed by atoms with van der Waals surface area (Å²) >= 11 is 0. The molecule has 178 valence electrons. The molecule has 2 aromatic rings. The molecule has 2 saturated heterocycles. The minimum atomic E-state index is -3.41. The lowest BCUT2D eigenvalue weighted by Gasteiger charge is -2.25. The van der Waals surface area contributed by atoms with Crippen LogP contribution in [0.2, 0.25) is 0 Å². The van der Waals surface area contributed by atoms with Crippen molar-refractivity contribution in [3.05, 3.63) is 59.7 Å². The van der Waals surface area contributed by atoms with Gasteiger partial charge in [0.25, 0.3) is 0 Å². The normalized spacial score (nSPS) is 17.8. The van der Waals surface area contributed by atoms with Crippen molar-refractivity contribution in [1.82, 2.24) is 9.21 Å². The number of carbonyl (C=O) groups excluding carboxylic acids is 1. The Morgan fingerprint density at radius 2 is 1.33 bits per heavy atom. The molecule has 0 atom stereocenters. The highest BCUT2D eigenvalue weighted by molar-refractivity contribution is 7.89. The van der Waals surface area contributed by atoms with Crippen molar-refractivity contribution in [2.75, 3.05) is 38.0 Å². The first-order chi connectivity index (χ1) is 16.0. The maximum atomic E-state index is 12.8. The molecule has 4 rings (SSSR count). The number of piperidine rings is 1. The fourth-order valence-electron chi connectivity index (χ4n) is 4.61. The second-order valence-electron chi connectivity index (χ2n) is 9.15. The lowest BCUT2D eigenvalue weighted by molar-refractivity contribution is -0.116. The molecule has 33 heavy (non-hydrogen) atoms. The molecular formula is C26H35N3O3S. The maximum Gasteiger partial charge on any atom is 0.243 e.